The first-order chi connectivity index (χ1) is 9.25. The number of pyridine rings is 1. The summed E-state index contributed by atoms with van der Waals surface area (Å²) in [5.74, 6) is -0.0209. The third-order valence-electron chi connectivity index (χ3n) is 2.95. The van der Waals surface area contributed by atoms with Crippen molar-refractivity contribution in [1.82, 2.24) is 4.98 Å². The lowest BCUT2D eigenvalue weighted by Crippen LogP contribution is -1.98. The highest BCUT2D eigenvalue weighted by Gasteiger charge is 2.14. The van der Waals surface area contributed by atoms with Crippen molar-refractivity contribution >= 4 is 32.8 Å². The number of fused-ring (bicyclic) bond motifs is 1. The fraction of sp³-hybridized carbons (Fsp3) is 0. The molecule has 0 aliphatic carbocycles. The summed E-state index contributed by atoms with van der Waals surface area (Å²) in [4.78, 5) is 17.1. The summed E-state index contributed by atoms with van der Waals surface area (Å²) in [6, 6.07) is 13.5. The van der Waals surface area contributed by atoms with E-state index in [1.54, 1.807) is 24.5 Å². The van der Waals surface area contributed by atoms with Crippen LogP contribution in [0, 0.1) is 0 Å². The molecular formula is C16H11NOS. The molecule has 1 aromatic carbocycles. The highest BCUT2D eigenvalue weighted by Crippen LogP contribution is 2.28. The van der Waals surface area contributed by atoms with Gasteiger partial charge in [-0.15, -0.1) is 11.3 Å². The second-order valence-corrected chi connectivity index (χ2v) is 5.28. The van der Waals surface area contributed by atoms with E-state index >= 15 is 0 Å². The maximum absolute atomic E-state index is 12.4. The maximum atomic E-state index is 12.4. The van der Waals surface area contributed by atoms with Crippen LogP contribution in [-0.4, -0.2) is 10.8 Å². The zero-order valence-electron chi connectivity index (χ0n) is 10.2. The number of allylic oxidation sites excluding steroid dienone is 1. The van der Waals surface area contributed by atoms with Crippen LogP contribution in [0.1, 0.15) is 15.2 Å². The number of rotatable bonds is 3. The van der Waals surface area contributed by atoms with Crippen molar-refractivity contribution in [2.45, 2.75) is 0 Å². The minimum absolute atomic E-state index is 0.0209. The van der Waals surface area contributed by atoms with Crippen molar-refractivity contribution in [3.05, 3.63) is 71.9 Å². The zero-order valence-corrected chi connectivity index (χ0v) is 11.0. The molecule has 0 aliphatic heterocycles. The quantitative estimate of drug-likeness (QED) is 0.525. The maximum Gasteiger partial charge on any atom is 0.202 e. The third-order valence-corrected chi connectivity index (χ3v) is 4.07. The van der Waals surface area contributed by atoms with Crippen molar-refractivity contribution in [1.29, 1.82) is 0 Å². The summed E-state index contributed by atoms with van der Waals surface area (Å²) in [5.41, 5.74) is 1.33. The summed E-state index contributed by atoms with van der Waals surface area (Å²) in [6.07, 6.45) is 3.33. The van der Waals surface area contributed by atoms with Crippen LogP contribution >= 0.6 is 11.3 Å². The lowest BCUT2D eigenvalue weighted by Gasteiger charge is -2.02. The summed E-state index contributed by atoms with van der Waals surface area (Å²) in [5, 5.41) is 1.10. The molecule has 0 fully saturated rings. The molecule has 2 heterocycles. The molecule has 3 heteroatoms. The van der Waals surface area contributed by atoms with Crippen molar-refractivity contribution in [3.8, 4) is 0 Å². The van der Waals surface area contributed by atoms with Crippen LogP contribution in [0.4, 0.5) is 0 Å². The molecule has 2 aromatic heterocycles. The molecule has 0 unspecified atom stereocenters. The molecule has 0 saturated carbocycles. The Hall–Kier alpha value is -2.26. The molecule has 0 bridgehead atoms. The van der Waals surface area contributed by atoms with Gasteiger partial charge in [0.15, 0.2) is 0 Å². The Bertz CT molecular complexity index is 726. The van der Waals surface area contributed by atoms with Crippen LogP contribution in [0.3, 0.4) is 0 Å². The number of Topliss-reactive ketones (excluding diaryl/α,β-unsaturated/α-hetero) is 1. The largest absolute Gasteiger partial charge is 0.288 e. The summed E-state index contributed by atoms with van der Waals surface area (Å²) in [6.45, 7) is 3.90. The van der Waals surface area contributed by atoms with E-state index in [-0.39, 0.29) is 5.78 Å². The van der Waals surface area contributed by atoms with Crippen molar-refractivity contribution in [2.24, 2.45) is 0 Å². The Morgan fingerprint density at radius 1 is 1.11 bits per heavy atom. The zero-order chi connectivity index (χ0) is 13.2. The fourth-order valence-electron chi connectivity index (χ4n) is 1.93. The van der Waals surface area contributed by atoms with Crippen LogP contribution in [-0.2, 0) is 0 Å². The second-order valence-electron chi connectivity index (χ2n) is 4.19. The second kappa shape index (κ2) is 4.78. The Labute approximate surface area is 115 Å². The molecule has 0 amide bonds. The minimum atomic E-state index is -0.0209. The number of carbonyl (C=O) groups is 1. The van der Waals surface area contributed by atoms with Gasteiger partial charge in [0, 0.05) is 22.7 Å². The van der Waals surface area contributed by atoms with Gasteiger partial charge in [-0.3, -0.25) is 9.78 Å². The molecule has 0 aliphatic rings. The van der Waals surface area contributed by atoms with Gasteiger partial charge in [-0.05, 0) is 35.2 Å². The van der Waals surface area contributed by atoms with Gasteiger partial charge in [0.05, 0.1) is 4.88 Å². The van der Waals surface area contributed by atoms with Gasteiger partial charge < -0.3 is 0 Å². The molecular weight excluding hydrogens is 254 g/mol. The van der Waals surface area contributed by atoms with Crippen LogP contribution in [0.2, 0.25) is 0 Å². The normalized spacial score (nSPS) is 10.5. The highest BCUT2D eigenvalue weighted by atomic mass is 32.1. The van der Waals surface area contributed by atoms with Gasteiger partial charge in [-0.25, -0.2) is 0 Å². The van der Waals surface area contributed by atoms with E-state index in [9.17, 15) is 4.79 Å². The molecule has 0 saturated heterocycles. The number of ketones is 1. The Morgan fingerprint density at radius 3 is 2.58 bits per heavy atom. The molecule has 0 atom stereocenters. The van der Waals surface area contributed by atoms with E-state index in [4.69, 9.17) is 0 Å². The highest BCUT2D eigenvalue weighted by molar-refractivity contribution is 7.21. The number of carbonyl (C=O) groups excluding carboxylic acids is 1. The van der Waals surface area contributed by atoms with Gasteiger partial charge in [0.1, 0.15) is 0 Å². The van der Waals surface area contributed by atoms with Crippen molar-refractivity contribution in [2.75, 3.05) is 0 Å². The van der Waals surface area contributed by atoms with E-state index in [1.165, 1.54) is 11.3 Å². The minimum Gasteiger partial charge on any atom is -0.288 e. The lowest BCUT2D eigenvalue weighted by molar-refractivity contribution is 0.106. The fourth-order valence-corrected chi connectivity index (χ4v) is 2.96. The first-order valence-electron chi connectivity index (χ1n) is 5.88. The lowest BCUT2D eigenvalue weighted by atomic mass is 10.0. The van der Waals surface area contributed by atoms with Crippen molar-refractivity contribution in [3.63, 3.8) is 0 Å². The van der Waals surface area contributed by atoms with E-state index in [1.807, 2.05) is 30.3 Å². The van der Waals surface area contributed by atoms with Gasteiger partial charge in [-0.2, -0.15) is 0 Å². The molecule has 0 N–H and O–H groups in total. The first kappa shape index (κ1) is 11.8. The number of hydrogen-bond acceptors (Lipinski definition) is 3. The standard InChI is InChI=1S/C16H11NOS/c1-11(12-6-8-17-9-7-12)16(18)15-10-13-4-2-3-5-14(13)19-15/h2-10H,1H2. The topological polar surface area (TPSA) is 30.0 Å². The first-order valence-corrected chi connectivity index (χ1v) is 6.70. The number of hydrogen-bond donors (Lipinski definition) is 0. The number of nitrogens with zero attached hydrogens (tertiary/aromatic N) is 1. The summed E-state index contributed by atoms with van der Waals surface area (Å²) < 4.78 is 1.12. The van der Waals surface area contributed by atoms with Gasteiger partial charge in [0.2, 0.25) is 5.78 Å². The average molecular weight is 265 g/mol. The predicted molar refractivity (Wildman–Crippen MR) is 79.4 cm³/mol. The summed E-state index contributed by atoms with van der Waals surface area (Å²) >= 11 is 1.50. The molecule has 3 aromatic rings. The Morgan fingerprint density at radius 2 is 1.84 bits per heavy atom. The molecule has 3 rings (SSSR count). The smallest absolute Gasteiger partial charge is 0.202 e. The SMILES string of the molecule is C=C(C(=O)c1cc2ccccc2s1)c1ccncc1. The van der Waals surface area contributed by atoms with Gasteiger partial charge in [0.25, 0.3) is 0 Å². The molecule has 2 nitrogen and oxygen atoms in total. The van der Waals surface area contributed by atoms with Crippen molar-refractivity contribution < 1.29 is 4.79 Å². The van der Waals surface area contributed by atoms with Crippen LogP contribution < -0.4 is 0 Å². The third kappa shape index (κ3) is 2.20. The van der Waals surface area contributed by atoms with E-state index in [0.717, 1.165) is 20.5 Å². The van der Waals surface area contributed by atoms with Gasteiger partial charge >= 0.3 is 0 Å². The Balaban J connectivity index is 1.98. The number of aromatic nitrogens is 1. The van der Waals surface area contributed by atoms with E-state index < -0.39 is 0 Å². The molecule has 19 heavy (non-hydrogen) atoms. The van der Waals surface area contributed by atoms with E-state index in [2.05, 4.69) is 11.6 Å². The molecule has 92 valence electrons. The Kier molecular flexibility index (Phi) is 2.97. The number of benzene rings is 1. The monoisotopic (exact) mass is 265 g/mol. The molecule has 0 spiro atoms. The van der Waals surface area contributed by atoms with Crippen LogP contribution in [0.15, 0.2) is 61.4 Å². The number of thiophene rings is 1. The van der Waals surface area contributed by atoms with Crippen LogP contribution in [0.5, 0.6) is 0 Å². The van der Waals surface area contributed by atoms with Gasteiger partial charge in [-0.1, -0.05) is 24.8 Å². The predicted octanol–water partition coefficient (Wildman–Crippen LogP) is 4.19. The van der Waals surface area contributed by atoms with Crippen LogP contribution in [0.25, 0.3) is 15.7 Å². The molecule has 0 radical (unpaired) electrons. The summed E-state index contributed by atoms with van der Waals surface area (Å²) in [7, 11) is 0. The van der Waals surface area contributed by atoms with E-state index in [0.29, 0.717) is 5.57 Å². The average Bonchev–Trinajstić information content (AvgIpc) is 2.90.